The summed E-state index contributed by atoms with van der Waals surface area (Å²) in [5.74, 6) is -2.87. The van der Waals surface area contributed by atoms with E-state index in [9.17, 15) is 13.6 Å². The Bertz CT molecular complexity index is 674. The first-order chi connectivity index (χ1) is 10.0. The van der Waals surface area contributed by atoms with Crippen LogP contribution >= 0.6 is 0 Å². The monoisotopic (exact) mass is 293 g/mol. The molecule has 0 saturated heterocycles. The van der Waals surface area contributed by atoms with Crippen LogP contribution in [0.5, 0.6) is 11.5 Å². The topological polar surface area (TPSA) is 61.5 Å². The highest BCUT2D eigenvalue weighted by Gasteiger charge is 2.14. The third-order valence-corrected chi connectivity index (χ3v) is 2.66. The van der Waals surface area contributed by atoms with E-state index in [0.29, 0.717) is 0 Å². The summed E-state index contributed by atoms with van der Waals surface area (Å²) in [5, 5.41) is 0. The number of nitrogen functional groups attached to an aromatic ring is 1. The predicted molar refractivity (Wildman–Crippen MR) is 73.2 cm³/mol. The SMILES string of the molecule is CCOC(=O)c1cc(Oc2cccc(F)c2F)ccc1N. The van der Waals surface area contributed by atoms with Crippen LogP contribution < -0.4 is 10.5 Å². The van der Waals surface area contributed by atoms with Crippen molar-refractivity contribution in [3.8, 4) is 11.5 Å². The van der Waals surface area contributed by atoms with Gasteiger partial charge in [-0.1, -0.05) is 6.07 Å². The van der Waals surface area contributed by atoms with Gasteiger partial charge in [-0.2, -0.15) is 4.39 Å². The lowest BCUT2D eigenvalue weighted by molar-refractivity contribution is 0.0527. The molecule has 6 heteroatoms. The molecule has 21 heavy (non-hydrogen) atoms. The van der Waals surface area contributed by atoms with Gasteiger partial charge in [0.15, 0.2) is 11.6 Å². The van der Waals surface area contributed by atoms with Gasteiger partial charge in [-0.05, 0) is 37.3 Å². The molecule has 0 fully saturated rings. The number of hydrogen-bond donors (Lipinski definition) is 1. The number of halogens is 2. The van der Waals surface area contributed by atoms with Gasteiger partial charge in [-0.15, -0.1) is 0 Å². The first-order valence-electron chi connectivity index (χ1n) is 6.21. The second-order valence-electron chi connectivity index (χ2n) is 4.12. The van der Waals surface area contributed by atoms with Crippen molar-refractivity contribution in [1.82, 2.24) is 0 Å². The van der Waals surface area contributed by atoms with Crippen molar-refractivity contribution >= 4 is 11.7 Å². The molecule has 2 rings (SSSR count). The molecule has 4 nitrogen and oxygen atoms in total. The largest absolute Gasteiger partial charge is 0.462 e. The molecule has 110 valence electrons. The zero-order chi connectivity index (χ0) is 15.4. The minimum Gasteiger partial charge on any atom is -0.462 e. The molecule has 0 unspecified atom stereocenters. The Balaban J connectivity index is 2.31. The van der Waals surface area contributed by atoms with Gasteiger partial charge in [-0.25, -0.2) is 9.18 Å². The van der Waals surface area contributed by atoms with Crippen molar-refractivity contribution in [1.29, 1.82) is 0 Å². The molecule has 0 spiro atoms. The fraction of sp³-hybridized carbons (Fsp3) is 0.133. The van der Waals surface area contributed by atoms with Gasteiger partial charge < -0.3 is 15.2 Å². The number of hydrogen-bond acceptors (Lipinski definition) is 4. The average molecular weight is 293 g/mol. The molecule has 0 saturated carbocycles. The third-order valence-electron chi connectivity index (χ3n) is 2.66. The Hall–Kier alpha value is -2.63. The number of anilines is 1. The Morgan fingerprint density at radius 3 is 2.71 bits per heavy atom. The molecular formula is C15H13F2NO3. The summed E-state index contributed by atoms with van der Waals surface area (Å²) in [7, 11) is 0. The Morgan fingerprint density at radius 1 is 1.24 bits per heavy atom. The maximum absolute atomic E-state index is 13.5. The highest BCUT2D eigenvalue weighted by Crippen LogP contribution is 2.28. The summed E-state index contributed by atoms with van der Waals surface area (Å²) in [4.78, 5) is 11.7. The molecular weight excluding hydrogens is 280 g/mol. The number of carbonyl (C=O) groups is 1. The summed E-state index contributed by atoms with van der Waals surface area (Å²) in [6, 6.07) is 7.77. The minimum absolute atomic E-state index is 0.103. The number of rotatable bonds is 4. The average Bonchev–Trinajstić information content (AvgIpc) is 2.46. The first kappa shape index (κ1) is 14.8. The fourth-order valence-corrected chi connectivity index (χ4v) is 1.67. The van der Waals surface area contributed by atoms with Crippen LogP contribution in [0.25, 0.3) is 0 Å². The van der Waals surface area contributed by atoms with Crippen LogP contribution in [0.2, 0.25) is 0 Å². The lowest BCUT2D eigenvalue weighted by Crippen LogP contribution is -2.08. The fourth-order valence-electron chi connectivity index (χ4n) is 1.67. The van der Waals surface area contributed by atoms with E-state index in [0.717, 1.165) is 6.07 Å². The molecule has 0 aliphatic heterocycles. The Morgan fingerprint density at radius 2 is 2.00 bits per heavy atom. The van der Waals surface area contributed by atoms with Gasteiger partial charge in [0.05, 0.1) is 12.2 Å². The van der Waals surface area contributed by atoms with E-state index in [1.165, 1.54) is 30.3 Å². The van der Waals surface area contributed by atoms with Crippen LogP contribution in [0.15, 0.2) is 36.4 Å². The number of ether oxygens (including phenoxy) is 2. The summed E-state index contributed by atoms with van der Waals surface area (Å²) in [6.45, 7) is 1.86. The second kappa shape index (κ2) is 6.21. The quantitative estimate of drug-likeness (QED) is 0.692. The number of nitrogens with two attached hydrogens (primary N) is 1. The third kappa shape index (κ3) is 3.28. The molecule has 0 aromatic heterocycles. The summed E-state index contributed by atoms with van der Waals surface area (Å²) in [6.07, 6.45) is 0. The van der Waals surface area contributed by atoms with E-state index in [-0.39, 0.29) is 29.4 Å². The molecule has 2 N–H and O–H groups in total. The van der Waals surface area contributed by atoms with E-state index in [2.05, 4.69) is 0 Å². The van der Waals surface area contributed by atoms with Crippen LogP contribution in [0.4, 0.5) is 14.5 Å². The van der Waals surface area contributed by atoms with Crippen molar-refractivity contribution in [2.24, 2.45) is 0 Å². The van der Waals surface area contributed by atoms with E-state index in [4.69, 9.17) is 15.2 Å². The van der Waals surface area contributed by atoms with Gasteiger partial charge in [-0.3, -0.25) is 0 Å². The van der Waals surface area contributed by atoms with Crippen molar-refractivity contribution in [3.63, 3.8) is 0 Å². The van der Waals surface area contributed by atoms with Gasteiger partial charge >= 0.3 is 5.97 Å². The van der Waals surface area contributed by atoms with E-state index < -0.39 is 17.6 Å². The van der Waals surface area contributed by atoms with E-state index in [1.54, 1.807) is 6.92 Å². The van der Waals surface area contributed by atoms with Crippen LogP contribution in [-0.2, 0) is 4.74 Å². The second-order valence-corrected chi connectivity index (χ2v) is 4.12. The Labute approximate surface area is 120 Å². The van der Waals surface area contributed by atoms with Gasteiger partial charge in [0, 0.05) is 5.69 Å². The molecule has 0 heterocycles. The number of carbonyl (C=O) groups excluding carboxylic acids is 1. The van der Waals surface area contributed by atoms with Crippen LogP contribution in [0.3, 0.4) is 0 Å². The standard InChI is InChI=1S/C15H13F2NO3/c1-2-20-15(19)10-8-9(6-7-12(10)18)21-13-5-3-4-11(16)14(13)17/h3-8H,2,18H2,1H3. The molecule has 0 radical (unpaired) electrons. The molecule has 2 aromatic carbocycles. The normalized spacial score (nSPS) is 10.2. The van der Waals surface area contributed by atoms with Gasteiger partial charge in [0.1, 0.15) is 5.75 Å². The molecule has 0 aliphatic rings. The van der Waals surface area contributed by atoms with Crippen LogP contribution in [-0.4, -0.2) is 12.6 Å². The number of esters is 1. The van der Waals surface area contributed by atoms with E-state index >= 15 is 0 Å². The van der Waals surface area contributed by atoms with Crippen molar-refractivity contribution in [2.45, 2.75) is 6.92 Å². The number of benzene rings is 2. The summed E-state index contributed by atoms with van der Waals surface area (Å²) in [5.41, 5.74) is 5.99. The minimum atomic E-state index is -1.10. The van der Waals surface area contributed by atoms with Gasteiger partial charge in [0.2, 0.25) is 5.82 Å². The van der Waals surface area contributed by atoms with Crippen LogP contribution in [0.1, 0.15) is 17.3 Å². The molecule has 0 amide bonds. The predicted octanol–water partition coefficient (Wildman–Crippen LogP) is 3.52. The molecule has 0 atom stereocenters. The maximum Gasteiger partial charge on any atom is 0.340 e. The van der Waals surface area contributed by atoms with Crippen molar-refractivity contribution in [2.75, 3.05) is 12.3 Å². The maximum atomic E-state index is 13.5. The summed E-state index contributed by atoms with van der Waals surface area (Å²) >= 11 is 0. The zero-order valence-corrected chi connectivity index (χ0v) is 11.2. The van der Waals surface area contributed by atoms with Crippen molar-refractivity contribution < 1.29 is 23.0 Å². The van der Waals surface area contributed by atoms with Crippen LogP contribution in [0, 0.1) is 11.6 Å². The highest BCUT2D eigenvalue weighted by molar-refractivity contribution is 5.95. The molecule has 0 aliphatic carbocycles. The first-order valence-corrected chi connectivity index (χ1v) is 6.21. The smallest absolute Gasteiger partial charge is 0.340 e. The highest BCUT2D eigenvalue weighted by atomic mass is 19.2. The lowest BCUT2D eigenvalue weighted by Gasteiger charge is -2.10. The molecule has 2 aromatic rings. The lowest BCUT2D eigenvalue weighted by atomic mass is 10.1. The Kier molecular flexibility index (Phi) is 4.37. The van der Waals surface area contributed by atoms with Crippen molar-refractivity contribution in [3.05, 3.63) is 53.6 Å². The van der Waals surface area contributed by atoms with Gasteiger partial charge in [0.25, 0.3) is 0 Å². The molecule has 0 bridgehead atoms. The summed E-state index contributed by atoms with van der Waals surface area (Å²) < 4.78 is 36.7. The van der Waals surface area contributed by atoms with E-state index in [1.807, 2.05) is 0 Å². The zero-order valence-electron chi connectivity index (χ0n) is 11.2.